The third-order valence-corrected chi connectivity index (χ3v) is 3.79. The van der Waals surface area contributed by atoms with E-state index in [4.69, 9.17) is 16.7 Å². The minimum atomic E-state index is -0.985. The maximum atomic E-state index is 11.8. The number of aromatic carboxylic acids is 1. The van der Waals surface area contributed by atoms with E-state index in [9.17, 15) is 9.59 Å². The molecule has 0 aliphatic carbocycles. The van der Waals surface area contributed by atoms with Crippen molar-refractivity contribution in [2.24, 2.45) is 0 Å². The van der Waals surface area contributed by atoms with Crippen LogP contribution in [-0.2, 0) is 4.79 Å². The second kappa shape index (κ2) is 7.15. The van der Waals surface area contributed by atoms with E-state index in [2.05, 4.69) is 5.32 Å². The average molecular weight is 322 g/mol. The fourth-order valence-corrected chi connectivity index (χ4v) is 2.58. The Bertz CT molecular complexity index is 675. The molecule has 0 aliphatic heterocycles. The number of nitrogens with one attached hydrogen (secondary N) is 1. The van der Waals surface area contributed by atoms with Crippen molar-refractivity contribution in [1.29, 1.82) is 0 Å². The first kappa shape index (κ1) is 15.4. The van der Waals surface area contributed by atoms with Crippen molar-refractivity contribution in [2.75, 3.05) is 11.1 Å². The Hall–Kier alpha value is -1.98. The minimum absolute atomic E-state index is 0.178. The fraction of sp³-hybridized carbons (Fsp3) is 0.0667. The maximum Gasteiger partial charge on any atom is 0.335 e. The van der Waals surface area contributed by atoms with Crippen LogP contribution in [0.4, 0.5) is 5.69 Å². The molecule has 2 N–H and O–H groups in total. The van der Waals surface area contributed by atoms with Gasteiger partial charge in [-0.1, -0.05) is 23.7 Å². The third-order valence-electron chi connectivity index (χ3n) is 2.56. The molecule has 0 aromatic heterocycles. The largest absolute Gasteiger partial charge is 0.478 e. The van der Waals surface area contributed by atoms with Crippen molar-refractivity contribution in [1.82, 2.24) is 0 Å². The van der Waals surface area contributed by atoms with Crippen LogP contribution >= 0.6 is 23.4 Å². The molecule has 0 saturated carbocycles. The normalized spacial score (nSPS) is 10.1. The van der Waals surface area contributed by atoms with E-state index < -0.39 is 5.97 Å². The summed E-state index contributed by atoms with van der Waals surface area (Å²) >= 11 is 7.11. The van der Waals surface area contributed by atoms with Crippen LogP contribution in [0.25, 0.3) is 0 Å². The molecule has 4 nitrogen and oxygen atoms in total. The van der Waals surface area contributed by atoms with Gasteiger partial charge in [-0.15, -0.1) is 11.8 Å². The van der Waals surface area contributed by atoms with Crippen LogP contribution < -0.4 is 5.32 Å². The van der Waals surface area contributed by atoms with Crippen molar-refractivity contribution in [3.05, 3.63) is 59.1 Å². The number of amides is 1. The van der Waals surface area contributed by atoms with Gasteiger partial charge in [0.25, 0.3) is 0 Å². The first-order valence-corrected chi connectivity index (χ1v) is 7.42. The zero-order chi connectivity index (χ0) is 15.2. The first-order valence-electron chi connectivity index (χ1n) is 6.06. The number of rotatable bonds is 5. The summed E-state index contributed by atoms with van der Waals surface area (Å²) in [5.74, 6) is -0.973. The first-order chi connectivity index (χ1) is 10.0. The fourth-order valence-electron chi connectivity index (χ4n) is 1.63. The Morgan fingerprint density at radius 1 is 1.14 bits per heavy atom. The standard InChI is InChI=1S/C15H12ClNO3S/c16-11-4-2-5-12(8-11)17-14(18)9-21-13-6-1-3-10(7-13)15(19)20/h1-8H,9H2,(H,17,18)(H,19,20). The lowest BCUT2D eigenvalue weighted by molar-refractivity contribution is -0.113. The lowest BCUT2D eigenvalue weighted by Gasteiger charge is -2.06. The van der Waals surface area contributed by atoms with Gasteiger partial charge in [0.2, 0.25) is 5.91 Å². The Kier molecular flexibility index (Phi) is 5.25. The summed E-state index contributed by atoms with van der Waals surface area (Å²) in [6.07, 6.45) is 0. The van der Waals surface area contributed by atoms with E-state index in [1.807, 2.05) is 0 Å². The van der Waals surface area contributed by atoms with Gasteiger partial charge in [0.15, 0.2) is 0 Å². The molecule has 21 heavy (non-hydrogen) atoms. The minimum Gasteiger partial charge on any atom is -0.478 e. The average Bonchev–Trinajstić information content (AvgIpc) is 2.45. The predicted molar refractivity (Wildman–Crippen MR) is 84.2 cm³/mol. The second-order valence-electron chi connectivity index (χ2n) is 4.18. The number of anilines is 1. The lowest BCUT2D eigenvalue weighted by atomic mass is 10.2. The van der Waals surface area contributed by atoms with Crippen LogP contribution in [0.2, 0.25) is 5.02 Å². The van der Waals surface area contributed by atoms with E-state index in [1.54, 1.807) is 42.5 Å². The van der Waals surface area contributed by atoms with Crippen LogP contribution in [0.15, 0.2) is 53.4 Å². The van der Waals surface area contributed by atoms with E-state index in [0.29, 0.717) is 10.7 Å². The number of carboxylic acid groups (broad SMARTS) is 1. The van der Waals surface area contributed by atoms with Crippen molar-refractivity contribution < 1.29 is 14.7 Å². The highest BCUT2D eigenvalue weighted by Crippen LogP contribution is 2.20. The van der Waals surface area contributed by atoms with Gasteiger partial charge in [0.05, 0.1) is 11.3 Å². The summed E-state index contributed by atoms with van der Waals surface area (Å²) in [5.41, 5.74) is 0.836. The van der Waals surface area contributed by atoms with E-state index in [-0.39, 0.29) is 17.2 Å². The highest BCUT2D eigenvalue weighted by atomic mass is 35.5. The van der Waals surface area contributed by atoms with Crippen molar-refractivity contribution in [2.45, 2.75) is 4.90 Å². The van der Waals surface area contributed by atoms with Crippen molar-refractivity contribution in [3.8, 4) is 0 Å². The lowest BCUT2D eigenvalue weighted by Crippen LogP contribution is -2.13. The molecule has 2 rings (SSSR count). The summed E-state index contributed by atoms with van der Waals surface area (Å²) in [6.45, 7) is 0. The van der Waals surface area contributed by atoms with E-state index in [0.717, 1.165) is 4.90 Å². The summed E-state index contributed by atoms with van der Waals surface area (Å²) < 4.78 is 0. The van der Waals surface area contributed by atoms with Gasteiger partial charge in [0, 0.05) is 15.6 Å². The van der Waals surface area contributed by atoms with Gasteiger partial charge >= 0.3 is 5.97 Å². The van der Waals surface area contributed by atoms with E-state index in [1.165, 1.54) is 17.8 Å². The van der Waals surface area contributed by atoms with Crippen LogP contribution in [0, 0.1) is 0 Å². The molecule has 0 atom stereocenters. The molecule has 0 spiro atoms. The summed E-state index contributed by atoms with van der Waals surface area (Å²) in [7, 11) is 0. The maximum absolute atomic E-state index is 11.8. The molecule has 6 heteroatoms. The smallest absolute Gasteiger partial charge is 0.335 e. The molecular weight excluding hydrogens is 310 g/mol. The molecule has 0 bridgehead atoms. The van der Waals surface area contributed by atoms with Crippen molar-refractivity contribution in [3.63, 3.8) is 0 Å². The van der Waals surface area contributed by atoms with Crippen LogP contribution in [0.5, 0.6) is 0 Å². The summed E-state index contributed by atoms with van der Waals surface area (Å²) in [6, 6.07) is 13.4. The highest BCUT2D eigenvalue weighted by molar-refractivity contribution is 8.00. The highest BCUT2D eigenvalue weighted by Gasteiger charge is 2.07. The molecule has 0 aliphatic rings. The number of halogens is 1. The van der Waals surface area contributed by atoms with Gasteiger partial charge in [-0.25, -0.2) is 4.79 Å². The second-order valence-corrected chi connectivity index (χ2v) is 5.67. The molecule has 108 valence electrons. The quantitative estimate of drug-likeness (QED) is 0.823. The molecule has 0 saturated heterocycles. The molecule has 0 heterocycles. The number of hydrogen-bond acceptors (Lipinski definition) is 3. The Morgan fingerprint density at radius 2 is 1.90 bits per heavy atom. The zero-order valence-electron chi connectivity index (χ0n) is 10.9. The van der Waals surface area contributed by atoms with Gasteiger partial charge in [-0.2, -0.15) is 0 Å². The molecule has 0 fully saturated rings. The number of hydrogen-bond donors (Lipinski definition) is 2. The topological polar surface area (TPSA) is 66.4 Å². The Morgan fingerprint density at radius 3 is 2.62 bits per heavy atom. The number of carbonyl (C=O) groups is 2. The van der Waals surface area contributed by atoms with Gasteiger partial charge in [0.1, 0.15) is 0 Å². The van der Waals surface area contributed by atoms with Crippen molar-refractivity contribution >= 4 is 40.9 Å². The van der Waals surface area contributed by atoms with Gasteiger partial charge in [-0.3, -0.25) is 4.79 Å². The monoisotopic (exact) mass is 321 g/mol. The number of benzene rings is 2. The Balaban J connectivity index is 1.92. The zero-order valence-corrected chi connectivity index (χ0v) is 12.4. The molecule has 1 amide bonds. The third kappa shape index (κ3) is 4.81. The summed E-state index contributed by atoms with van der Waals surface area (Å²) in [5, 5.41) is 12.2. The SMILES string of the molecule is O=C(CSc1cccc(C(=O)O)c1)Nc1cccc(Cl)c1. The van der Waals surface area contributed by atoms with Crippen LogP contribution in [-0.4, -0.2) is 22.7 Å². The van der Waals surface area contributed by atoms with Gasteiger partial charge < -0.3 is 10.4 Å². The predicted octanol–water partition coefficient (Wildman–Crippen LogP) is 3.77. The summed E-state index contributed by atoms with van der Waals surface area (Å²) in [4.78, 5) is 23.4. The molecule has 2 aromatic carbocycles. The van der Waals surface area contributed by atoms with E-state index >= 15 is 0 Å². The molecular formula is C15H12ClNO3S. The molecule has 0 unspecified atom stereocenters. The van der Waals surface area contributed by atoms with Crippen LogP contribution in [0.3, 0.4) is 0 Å². The molecule has 0 radical (unpaired) electrons. The van der Waals surface area contributed by atoms with Gasteiger partial charge in [-0.05, 0) is 36.4 Å². The Labute approximate surface area is 131 Å². The molecule has 2 aromatic rings. The number of thioether (sulfide) groups is 1. The number of carboxylic acids is 1. The number of carbonyl (C=O) groups excluding carboxylic acids is 1. The van der Waals surface area contributed by atoms with Crippen LogP contribution in [0.1, 0.15) is 10.4 Å².